The second kappa shape index (κ2) is 9.81. The van der Waals surface area contributed by atoms with E-state index in [2.05, 4.69) is 16.5 Å². The number of imidazole rings is 1. The van der Waals surface area contributed by atoms with E-state index in [-0.39, 0.29) is 5.56 Å². The number of carbonyl (C=O) groups is 1. The van der Waals surface area contributed by atoms with E-state index in [1.165, 1.54) is 0 Å². The van der Waals surface area contributed by atoms with Crippen molar-refractivity contribution < 1.29 is 33.9 Å². The van der Waals surface area contributed by atoms with Gasteiger partial charge in [0, 0.05) is 0 Å². The fourth-order valence-electron chi connectivity index (χ4n) is 2.31. The third-order valence-electron chi connectivity index (χ3n) is 3.44. The maximum absolute atomic E-state index is 11.2. The first-order valence-electron chi connectivity index (χ1n) is 8.19. The molecular weight excluding hydrogens is 399 g/mol. The minimum atomic E-state index is -4.64. The maximum Gasteiger partial charge on any atom is 0.466 e. The SMILES string of the molecule is C=CCOc1ccc(/C=C/c2nc3c(C(=O)O)cccc3[nH]2)cc1.O=P(O)(O)O. The van der Waals surface area contributed by atoms with Crippen molar-refractivity contribution in [2.75, 3.05) is 6.61 Å². The van der Waals surface area contributed by atoms with Crippen LogP contribution in [0.2, 0.25) is 0 Å². The van der Waals surface area contributed by atoms with E-state index < -0.39 is 13.8 Å². The minimum absolute atomic E-state index is 0.187. The molecule has 0 radical (unpaired) electrons. The van der Waals surface area contributed by atoms with Crippen molar-refractivity contribution in [1.82, 2.24) is 9.97 Å². The van der Waals surface area contributed by atoms with E-state index in [1.807, 2.05) is 36.4 Å². The zero-order chi connectivity index (χ0) is 21.4. The van der Waals surface area contributed by atoms with Gasteiger partial charge in [-0.2, -0.15) is 0 Å². The lowest BCUT2D eigenvalue weighted by Crippen LogP contribution is -1.96. The number of hydrogen-bond donors (Lipinski definition) is 5. The molecule has 5 N–H and O–H groups in total. The molecule has 152 valence electrons. The van der Waals surface area contributed by atoms with Crippen LogP contribution in [0.5, 0.6) is 5.75 Å². The summed E-state index contributed by atoms with van der Waals surface area (Å²) in [4.78, 5) is 40.2. The lowest BCUT2D eigenvalue weighted by Gasteiger charge is -2.02. The van der Waals surface area contributed by atoms with Crippen LogP contribution in [0.1, 0.15) is 21.7 Å². The van der Waals surface area contributed by atoms with Gasteiger partial charge in [0.15, 0.2) is 0 Å². The summed E-state index contributed by atoms with van der Waals surface area (Å²) in [7, 11) is -4.64. The average molecular weight is 418 g/mol. The van der Waals surface area contributed by atoms with Gasteiger partial charge in [-0.15, -0.1) is 0 Å². The number of aromatic carboxylic acids is 1. The van der Waals surface area contributed by atoms with Gasteiger partial charge in [0.1, 0.15) is 23.7 Å². The number of aromatic amines is 1. The molecule has 10 heteroatoms. The Labute approximate surface area is 165 Å². The highest BCUT2D eigenvalue weighted by atomic mass is 31.2. The normalized spacial score (nSPS) is 11.1. The van der Waals surface area contributed by atoms with Crippen molar-refractivity contribution in [2.24, 2.45) is 0 Å². The molecule has 0 unspecified atom stereocenters. The zero-order valence-electron chi connectivity index (χ0n) is 15.1. The lowest BCUT2D eigenvalue weighted by atomic mass is 10.2. The van der Waals surface area contributed by atoms with E-state index >= 15 is 0 Å². The van der Waals surface area contributed by atoms with Crippen molar-refractivity contribution in [3.63, 3.8) is 0 Å². The van der Waals surface area contributed by atoms with E-state index in [9.17, 15) is 9.90 Å². The molecular formula is C19H19N2O7P. The fourth-order valence-corrected chi connectivity index (χ4v) is 2.31. The molecule has 0 aliphatic rings. The predicted octanol–water partition coefficient (Wildman–Crippen LogP) is 3.07. The molecule has 0 amide bonds. The molecule has 0 fully saturated rings. The van der Waals surface area contributed by atoms with E-state index in [0.29, 0.717) is 23.5 Å². The van der Waals surface area contributed by atoms with Gasteiger partial charge < -0.3 is 29.5 Å². The van der Waals surface area contributed by atoms with E-state index in [4.69, 9.17) is 24.0 Å². The number of carboxylic acid groups (broad SMARTS) is 1. The van der Waals surface area contributed by atoms with Crippen molar-refractivity contribution in [1.29, 1.82) is 0 Å². The lowest BCUT2D eigenvalue weighted by molar-refractivity contribution is 0.0698. The Hall–Kier alpha value is -3.23. The van der Waals surface area contributed by atoms with Crippen LogP contribution in [0.4, 0.5) is 0 Å². The highest BCUT2D eigenvalue weighted by molar-refractivity contribution is 7.45. The second-order valence-electron chi connectivity index (χ2n) is 5.64. The summed E-state index contributed by atoms with van der Waals surface area (Å²) in [6, 6.07) is 12.7. The molecule has 0 bridgehead atoms. The molecule has 0 aliphatic heterocycles. The van der Waals surface area contributed by atoms with Crippen molar-refractivity contribution in [2.45, 2.75) is 0 Å². The molecule has 0 saturated heterocycles. The van der Waals surface area contributed by atoms with E-state index in [1.54, 1.807) is 24.3 Å². The maximum atomic E-state index is 11.2. The smallest absolute Gasteiger partial charge is 0.466 e. The number of fused-ring (bicyclic) bond motifs is 1. The average Bonchev–Trinajstić information content (AvgIpc) is 3.07. The van der Waals surface area contributed by atoms with Crippen LogP contribution >= 0.6 is 7.82 Å². The Bertz CT molecular complexity index is 1060. The van der Waals surface area contributed by atoms with Crippen LogP contribution in [-0.2, 0) is 4.57 Å². The standard InChI is InChI=1S/C19H16N2O3.H3O4P/c1-2-12-24-14-9-6-13(7-10-14)8-11-17-20-16-5-3-4-15(19(22)23)18(16)21-17;1-5(2,3)4/h2-11H,1,12H2,(H,20,21)(H,22,23);(H3,1,2,3,4)/b11-8+;. The summed E-state index contributed by atoms with van der Waals surface area (Å²) in [5.41, 5.74) is 2.33. The first-order chi connectivity index (χ1) is 13.7. The molecule has 0 atom stereocenters. The number of carboxylic acids is 1. The van der Waals surface area contributed by atoms with E-state index in [0.717, 1.165) is 11.3 Å². The fraction of sp³-hybridized carbons (Fsp3) is 0.0526. The van der Waals surface area contributed by atoms with Crippen molar-refractivity contribution in [3.8, 4) is 5.75 Å². The number of ether oxygens (including phenoxy) is 1. The van der Waals surface area contributed by atoms with Crippen LogP contribution in [0.15, 0.2) is 55.1 Å². The Kier molecular flexibility index (Phi) is 7.46. The highest BCUT2D eigenvalue weighted by Crippen LogP contribution is 2.25. The molecule has 3 rings (SSSR count). The molecule has 2 aromatic carbocycles. The van der Waals surface area contributed by atoms with Gasteiger partial charge in [-0.05, 0) is 35.9 Å². The quantitative estimate of drug-likeness (QED) is 0.302. The van der Waals surface area contributed by atoms with Crippen molar-refractivity contribution in [3.05, 3.63) is 72.1 Å². The monoisotopic (exact) mass is 418 g/mol. The van der Waals surface area contributed by atoms with Crippen LogP contribution in [-0.4, -0.2) is 42.3 Å². The van der Waals surface area contributed by atoms with Gasteiger partial charge >= 0.3 is 13.8 Å². The summed E-state index contributed by atoms with van der Waals surface area (Å²) in [6.45, 7) is 4.08. The number of phosphoric acid groups is 1. The predicted molar refractivity (Wildman–Crippen MR) is 108 cm³/mol. The largest absolute Gasteiger partial charge is 0.490 e. The summed E-state index contributed by atoms with van der Waals surface area (Å²) in [6.07, 6.45) is 5.40. The summed E-state index contributed by atoms with van der Waals surface area (Å²) >= 11 is 0. The number of hydrogen-bond acceptors (Lipinski definition) is 4. The third-order valence-corrected chi connectivity index (χ3v) is 3.44. The Morgan fingerprint density at radius 1 is 1.14 bits per heavy atom. The van der Waals surface area contributed by atoms with Crippen LogP contribution < -0.4 is 4.74 Å². The van der Waals surface area contributed by atoms with Crippen LogP contribution in [0.25, 0.3) is 23.2 Å². The topological polar surface area (TPSA) is 153 Å². The molecule has 0 saturated carbocycles. The number of para-hydroxylation sites is 1. The number of H-pyrrole nitrogens is 1. The van der Waals surface area contributed by atoms with Crippen LogP contribution in [0, 0.1) is 0 Å². The molecule has 3 aromatic rings. The number of benzene rings is 2. The second-order valence-corrected chi connectivity index (χ2v) is 6.67. The number of nitrogens with zero attached hydrogens (tertiary/aromatic N) is 1. The molecule has 1 heterocycles. The summed E-state index contributed by atoms with van der Waals surface area (Å²) < 4.78 is 14.3. The summed E-state index contributed by atoms with van der Waals surface area (Å²) in [5.74, 6) is 0.394. The number of rotatable bonds is 6. The van der Waals surface area contributed by atoms with Gasteiger partial charge in [0.2, 0.25) is 0 Å². The molecule has 0 aliphatic carbocycles. The van der Waals surface area contributed by atoms with Gasteiger partial charge in [-0.25, -0.2) is 14.3 Å². The summed E-state index contributed by atoms with van der Waals surface area (Å²) in [5, 5.41) is 9.20. The first-order valence-corrected chi connectivity index (χ1v) is 9.76. The van der Waals surface area contributed by atoms with Gasteiger partial charge in [0.25, 0.3) is 0 Å². The first kappa shape index (κ1) is 22.1. The highest BCUT2D eigenvalue weighted by Gasteiger charge is 2.11. The van der Waals surface area contributed by atoms with Gasteiger partial charge in [-0.1, -0.05) is 36.9 Å². The zero-order valence-corrected chi connectivity index (χ0v) is 16.0. The number of nitrogens with one attached hydrogen (secondary N) is 1. The Morgan fingerprint density at radius 3 is 2.38 bits per heavy atom. The number of aromatic nitrogens is 2. The van der Waals surface area contributed by atoms with Crippen LogP contribution in [0.3, 0.4) is 0 Å². The van der Waals surface area contributed by atoms with Gasteiger partial charge in [-0.3, -0.25) is 0 Å². The molecule has 0 spiro atoms. The molecule has 9 nitrogen and oxygen atoms in total. The molecule has 29 heavy (non-hydrogen) atoms. The third kappa shape index (κ3) is 7.36. The van der Waals surface area contributed by atoms with Gasteiger partial charge in [0.05, 0.1) is 11.1 Å². The minimum Gasteiger partial charge on any atom is -0.490 e. The van der Waals surface area contributed by atoms with Crippen molar-refractivity contribution >= 4 is 37.0 Å². The Balaban J connectivity index is 0.000000537. The molecule has 1 aromatic heterocycles. The Morgan fingerprint density at radius 2 is 1.79 bits per heavy atom.